The van der Waals surface area contributed by atoms with Crippen LogP contribution in [0.1, 0.15) is 30.9 Å². The molecule has 1 amide bonds. The van der Waals surface area contributed by atoms with Crippen molar-refractivity contribution in [3.8, 4) is 0 Å². The highest BCUT2D eigenvalue weighted by atomic mass is 32.2. The molecule has 4 nitrogen and oxygen atoms in total. The standard InChI is InChI=1S/C14H16F3NO3S/c1-9(13(19)18-12-5-6-12)22(20,21)8-10-3-2-4-11(7-10)14(15,16)17/h2-4,7,9,12H,5-6,8H2,1H3,(H,18,19)/t9-/m0/s1. The normalized spacial score (nSPS) is 17.1. The molecule has 122 valence electrons. The first-order valence-electron chi connectivity index (χ1n) is 6.77. The van der Waals surface area contributed by atoms with Crippen LogP contribution in [0.3, 0.4) is 0 Å². The van der Waals surface area contributed by atoms with Crippen molar-refractivity contribution in [2.24, 2.45) is 0 Å². The molecule has 1 aromatic carbocycles. The van der Waals surface area contributed by atoms with E-state index in [0.717, 1.165) is 31.0 Å². The third-order valence-electron chi connectivity index (χ3n) is 3.45. The Morgan fingerprint density at radius 3 is 2.55 bits per heavy atom. The molecule has 0 saturated heterocycles. The maximum Gasteiger partial charge on any atom is 0.416 e. The highest BCUT2D eigenvalue weighted by Crippen LogP contribution is 2.30. The summed E-state index contributed by atoms with van der Waals surface area (Å²) in [5, 5.41) is 1.29. The predicted molar refractivity (Wildman–Crippen MR) is 74.7 cm³/mol. The van der Waals surface area contributed by atoms with Gasteiger partial charge in [0.2, 0.25) is 5.91 Å². The molecule has 0 bridgehead atoms. The van der Waals surface area contributed by atoms with Gasteiger partial charge < -0.3 is 5.32 Å². The van der Waals surface area contributed by atoms with Gasteiger partial charge in [-0.05, 0) is 31.4 Å². The minimum absolute atomic E-state index is 0.0147. The number of hydrogen-bond donors (Lipinski definition) is 1. The van der Waals surface area contributed by atoms with E-state index in [1.165, 1.54) is 13.0 Å². The van der Waals surface area contributed by atoms with E-state index in [0.29, 0.717) is 0 Å². The van der Waals surface area contributed by atoms with Crippen molar-refractivity contribution in [2.75, 3.05) is 0 Å². The summed E-state index contributed by atoms with van der Waals surface area (Å²) in [5.41, 5.74) is -0.892. The van der Waals surface area contributed by atoms with Crippen LogP contribution in [-0.4, -0.2) is 25.6 Å². The number of amides is 1. The number of carbonyl (C=O) groups excluding carboxylic acids is 1. The molecule has 1 aliphatic rings. The van der Waals surface area contributed by atoms with E-state index in [1.54, 1.807) is 0 Å². The Morgan fingerprint density at radius 2 is 2.00 bits per heavy atom. The van der Waals surface area contributed by atoms with Crippen molar-refractivity contribution in [3.63, 3.8) is 0 Å². The molecule has 0 radical (unpaired) electrons. The molecular formula is C14H16F3NO3S. The van der Waals surface area contributed by atoms with Gasteiger partial charge in [0, 0.05) is 6.04 Å². The monoisotopic (exact) mass is 335 g/mol. The SMILES string of the molecule is C[C@@H](C(=O)NC1CC1)S(=O)(=O)Cc1cccc(C(F)(F)F)c1. The Labute approximate surface area is 126 Å². The summed E-state index contributed by atoms with van der Waals surface area (Å²) >= 11 is 0. The molecule has 0 spiro atoms. The zero-order valence-electron chi connectivity index (χ0n) is 11.9. The van der Waals surface area contributed by atoms with Crippen molar-refractivity contribution < 1.29 is 26.4 Å². The number of nitrogens with one attached hydrogen (secondary N) is 1. The van der Waals surface area contributed by atoms with Gasteiger partial charge in [-0.25, -0.2) is 8.42 Å². The second-order valence-corrected chi connectivity index (χ2v) is 7.75. The Morgan fingerprint density at radius 1 is 1.36 bits per heavy atom. The molecule has 8 heteroatoms. The summed E-state index contributed by atoms with van der Waals surface area (Å²) in [4.78, 5) is 11.8. The van der Waals surface area contributed by atoms with E-state index < -0.39 is 38.5 Å². The molecule has 1 aromatic rings. The number of benzene rings is 1. The fourth-order valence-corrected chi connectivity index (χ4v) is 3.19. The minimum Gasteiger partial charge on any atom is -0.352 e. The number of sulfone groups is 1. The summed E-state index contributed by atoms with van der Waals surface area (Å²) in [6, 6.07) is 4.15. The van der Waals surface area contributed by atoms with Gasteiger partial charge in [0.15, 0.2) is 9.84 Å². The molecule has 0 aliphatic heterocycles. The van der Waals surface area contributed by atoms with Crippen LogP contribution >= 0.6 is 0 Å². The fourth-order valence-electron chi connectivity index (χ4n) is 1.90. The van der Waals surface area contributed by atoms with E-state index in [9.17, 15) is 26.4 Å². The Hall–Kier alpha value is -1.57. The highest BCUT2D eigenvalue weighted by Gasteiger charge is 2.34. The van der Waals surface area contributed by atoms with Gasteiger partial charge in [-0.1, -0.05) is 18.2 Å². The Kier molecular flexibility index (Phi) is 4.51. The average molecular weight is 335 g/mol. The molecule has 1 N–H and O–H groups in total. The molecule has 1 saturated carbocycles. The zero-order valence-corrected chi connectivity index (χ0v) is 12.7. The summed E-state index contributed by atoms with van der Waals surface area (Å²) in [7, 11) is -3.87. The van der Waals surface area contributed by atoms with Crippen LogP contribution in [0.5, 0.6) is 0 Å². The van der Waals surface area contributed by atoms with E-state index in [1.807, 2.05) is 0 Å². The Balaban J connectivity index is 2.12. The third-order valence-corrected chi connectivity index (χ3v) is 5.48. The van der Waals surface area contributed by atoms with Gasteiger partial charge in [0.1, 0.15) is 5.25 Å². The average Bonchev–Trinajstić information content (AvgIpc) is 3.20. The van der Waals surface area contributed by atoms with Gasteiger partial charge in [0.25, 0.3) is 0 Å². The smallest absolute Gasteiger partial charge is 0.352 e. The van der Waals surface area contributed by atoms with Crippen LogP contribution in [0.15, 0.2) is 24.3 Å². The molecule has 1 atom stereocenters. The zero-order chi connectivity index (χ0) is 16.5. The lowest BCUT2D eigenvalue weighted by molar-refractivity contribution is -0.137. The van der Waals surface area contributed by atoms with Crippen LogP contribution < -0.4 is 5.32 Å². The quantitative estimate of drug-likeness (QED) is 0.898. The number of carbonyl (C=O) groups is 1. The number of hydrogen-bond acceptors (Lipinski definition) is 3. The molecule has 1 aliphatic carbocycles. The summed E-state index contributed by atoms with van der Waals surface area (Å²) < 4.78 is 62.2. The predicted octanol–water partition coefficient (Wildman–Crippen LogP) is 2.29. The van der Waals surface area contributed by atoms with Crippen molar-refractivity contribution in [2.45, 2.75) is 43.0 Å². The minimum atomic E-state index is -4.53. The lowest BCUT2D eigenvalue weighted by atomic mass is 10.1. The molecule has 22 heavy (non-hydrogen) atoms. The van der Waals surface area contributed by atoms with Crippen molar-refractivity contribution in [1.29, 1.82) is 0 Å². The van der Waals surface area contributed by atoms with E-state index in [-0.39, 0.29) is 11.6 Å². The maximum atomic E-state index is 12.6. The lowest BCUT2D eigenvalue weighted by Crippen LogP contribution is -2.39. The first kappa shape index (κ1) is 16.8. The van der Waals surface area contributed by atoms with Gasteiger partial charge in [-0.15, -0.1) is 0 Å². The number of rotatable bonds is 5. The third kappa shape index (κ3) is 4.22. The molecule has 1 fully saturated rings. The van der Waals surface area contributed by atoms with Crippen LogP contribution in [0, 0.1) is 0 Å². The molecular weight excluding hydrogens is 319 g/mol. The van der Waals surface area contributed by atoms with E-state index in [4.69, 9.17) is 0 Å². The van der Waals surface area contributed by atoms with Crippen LogP contribution in [0.4, 0.5) is 13.2 Å². The van der Waals surface area contributed by atoms with Gasteiger partial charge in [-0.2, -0.15) is 13.2 Å². The number of alkyl halides is 3. The molecule has 0 aromatic heterocycles. The van der Waals surface area contributed by atoms with Crippen molar-refractivity contribution in [3.05, 3.63) is 35.4 Å². The first-order valence-corrected chi connectivity index (χ1v) is 8.49. The maximum absolute atomic E-state index is 12.6. The Bertz CT molecular complexity index is 666. The molecule has 0 unspecified atom stereocenters. The highest BCUT2D eigenvalue weighted by molar-refractivity contribution is 7.92. The van der Waals surface area contributed by atoms with Crippen LogP contribution in [0.2, 0.25) is 0 Å². The van der Waals surface area contributed by atoms with Crippen molar-refractivity contribution in [1.82, 2.24) is 5.32 Å². The molecule has 2 rings (SSSR count). The van der Waals surface area contributed by atoms with Gasteiger partial charge >= 0.3 is 6.18 Å². The van der Waals surface area contributed by atoms with Crippen molar-refractivity contribution >= 4 is 15.7 Å². The summed E-state index contributed by atoms with van der Waals surface area (Å²) in [6.45, 7) is 1.25. The number of halogens is 3. The fraction of sp³-hybridized carbons (Fsp3) is 0.500. The van der Waals surface area contributed by atoms with Crippen LogP contribution in [0.25, 0.3) is 0 Å². The second kappa shape index (κ2) is 5.91. The topological polar surface area (TPSA) is 63.2 Å². The van der Waals surface area contributed by atoms with Gasteiger partial charge in [-0.3, -0.25) is 4.79 Å². The largest absolute Gasteiger partial charge is 0.416 e. The van der Waals surface area contributed by atoms with Crippen LogP contribution in [-0.2, 0) is 26.6 Å². The van der Waals surface area contributed by atoms with E-state index in [2.05, 4.69) is 5.32 Å². The second-order valence-electron chi connectivity index (χ2n) is 5.43. The molecule has 0 heterocycles. The van der Waals surface area contributed by atoms with E-state index >= 15 is 0 Å². The first-order chi connectivity index (χ1) is 10.1. The summed E-state index contributed by atoms with van der Waals surface area (Å²) in [5.74, 6) is -1.20. The summed E-state index contributed by atoms with van der Waals surface area (Å²) in [6.07, 6.45) is -2.88. The van der Waals surface area contributed by atoms with Gasteiger partial charge in [0.05, 0.1) is 11.3 Å². The lowest BCUT2D eigenvalue weighted by Gasteiger charge is -2.14.